The zero-order valence-electron chi connectivity index (χ0n) is 15.0. The average molecular weight is 479 g/mol. The number of hydrogen-bond donors (Lipinski definition) is 1. The zero-order valence-corrected chi connectivity index (χ0v) is 18.2. The Morgan fingerprint density at radius 3 is 2.50 bits per heavy atom. The quantitative estimate of drug-likeness (QED) is 0.564. The maximum absolute atomic E-state index is 12.9. The van der Waals surface area contributed by atoms with Crippen LogP contribution in [0.1, 0.15) is 19.3 Å². The van der Waals surface area contributed by atoms with Crippen LogP contribution in [0.15, 0.2) is 57.3 Å². The Labute approximate surface area is 176 Å². The summed E-state index contributed by atoms with van der Waals surface area (Å²) in [5, 5.41) is 3.17. The lowest BCUT2D eigenvalue weighted by atomic mass is 10.2. The predicted molar refractivity (Wildman–Crippen MR) is 115 cm³/mol. The van der Waals surface area contributed by atoms with Gasteiger partial charge in [-0.05, 0) is 55.3 Å². The maximum atomic E-state index is 12.9. The Morgan fingerprint density at radius 1 is 1.00 bits per heavy atom. The number of aromatic nitrogens is 2. The third kappa shape index (κ3) is 4.27. The Kier molecular flexibility index (Phi) is 5.77. The van der Waals surface area contributed by atoms with Crippen molar-refractivity contribution in [1.82, 2.24) is 14.3 Å². The first-order valence-electron chi connectivity index (χ1n) is 8.98. The standard InChI is InChI=1S/C19H19BrN4O2S2/c20-14-4-6-15(7-5-14)22-19-21-11-10-16(23-19)17-8-9-18(27-17)28(25,26)24-12-2-1-3-13-24/h4-11H,1-3,12-13H2,(H,21,22,23). The molecule has 6 nitrogen and oxygen atoms in total. The van der Waals surface area contributed by atoms with Crippen LogP contribution in [-0.4, -0.2) is 35.8 Å². The number of nitrogens with zero attached hydrogens (tertiary/aromatic N) is 3. The lowest BCUT2D eigenvalue weighted by molar-refractivity contribution is 0.347. The van der Waals surface area contributed by atoms with Gasteiger partial charge in [0.2, 0.25) is 5.95 Å². The van der Waals surface area contributed by atoms with E-state index in [0.29, 0.717) is 28.9 Å². The van der Waals surface area contributed by atoms with Crippen molar-refractivity contribution in [2.24, 2.45) is 0 Å². The van der Waals surface area contributed by atoms with Crippen LogP contribution in [0.5, 0.6) is 0 Å². The van der Waals surface area contributed by atoms with Crippen molar-refractivity contribution in [3.05, 3.63) is 53.1 Å². The summed E-state index contributed by atoms with van der Waals surface area (Å²) in [5.74, 6) is 0.466. The molecule has 1 aromatic carbocycles. The van der Waals surface area contributed by atoms with E-state index in [4.69, 9.17) is 0 Å². The molecular weight excluding hydrogens is 460 g/mol. The Hall–Kier alpha value is -1.81. The number of sulfonamides is 1. The van der Waals surface area contributed by atoms with Crippen LogP contribution in [-0.2, 0) is 10.0 Å². The van der Waals surface area contributed by atoms with E-state index in [-0.39, 0.29) is 0 Å². The van der Waals surface area contributed by atoms with E-state index in [1.54, 1.807) is 22.6 Å². The molecule has 1 saturated heterocycles. The molecule has 28 heavy (non-hydrogen) atoms. The van der Waals surface area contributed by atoms with Gasteiger partial charge in [-0.1, -0.05) is 22.4 Å². The summed E-state index contributed by atoms with van der Waals surface area (Å²) in [6.07, 6.45) is 4.61. The molecular formula is C19H19BrN4O2S2. The molecule has 1 fully saturated rings. The highest BCUT2D eigenvalue weighted by molar-refractivity contribution is 9.10. The summed E-state index contributed by atoms with van der Waals surface area (Å²) in [7, 11) is -3.42. The summed E-state index contributed by atoms with van der Waals surface area (Å²) in [6.45, 7) is 1.20. The number of halogens is 1. The smallest absolute Gasteiger partial charge is 0.252 e. The number of hydrogen-bond acceptors (Lipinski definition) is 6. The summed E-state index contributed by atoms with van der Waals surface area (Å²) in [4.78, 5) is 9.60. The molecule has 0 amide bonds. The average Bonchev–Trinajstić information content (AvgIpc) is 3.22. The zero-order chi connectivity index (χ0) is 19.6. The van der Waals surface area contributed by atoms with Crippen molar-refractivity contribution in [2.75, 3.05) is 18.4 Å². The number of anilines is 2. The lowest BCUT2D eigenvalue weighted by Crippen LogP contribution is -2.35. The van der Waals surface area contributed by atoms with Gasteiger partial charge in [-0.15, -0.1) is 11.3 Å². The fourth-order valence-corrected chi connectivity index (χ4v) is 6.26. The molecule has 3 aromatic rings. The molecule has 3 heterocycles. The van der Waals surface area contributed by atoms with Crippen molar-refractivity contribution in [1.29, 1.82) is 0 Å². The summed E-state index contributed by atoms with van der Waals surface area (Å²) < 4.78 is 28.7. The van der Waals surface area contributed by atoms with Crippen LogP contribution in [0.4, 0.5) is 11.6 Å². The van der Waals surface area contributed by atoms with Crippen LogP contribution in [0, 0.1) is 0 Å². The molecule has 0 bridgehead atoms. The lowest BCUT2D eigenvalue weighted by Gasteiger charge is -2.25. The summed E-state index contributed by atoms with van der Waals surface area (Å²) in [5.41, 5.74) is 1.57. The van der Waals surface area contributed by atoms with E-state index in [1.807, 2.05) is 30.3 Å². The van der Waals surface area contributed by atoms with Crippen LogP contribution in [0.25, 0.3) is 10.6 Å². The molecule has 0 saturated carbocycles. The van der Waals surface area contributed by atoms with Gasteiger partial charge in [0.25, 0.3) is 10.0 Å². The fraction of sp³-hybridized carbons (Fsp3) is 0.263. The van der Waals surface area contributed by atoms with Crippen molar-refractivity contribution in [3.8, 4) is 10.6 Å². The van der Waals surface area contributed by atoms with Gasteiger partial charge in [-0.3, -0.25) is 0 Å². The number of rotatable bonds is 5. The summed E-state index contributed by atoms with van der Waals surface area (Å²) in [6, 6.07) is 13.0. The molecule has 2 aromatic heterocycles. The summed E-state index contributed by atoms with van der Waals surface area (Å²) >= 11 is 4.66. The minimum absolute atomic E-state index is 0.366. The van der Waals surface area contributed by atoms with Crippen LogP contribution in [0.2, 0.25) is 0 Å². The Bertz CT molecular complexity index is 1060. The van der Waals surface area contributed by atoms with Gasteiger partial charge in [0.05, 0.1) is 10.6 Å². The molecule has 1 N–H and O–H groups in total. The molecule has 146 valence electrons. The predicted octanol–water partition coefficient (Wildman–Crippen LogP) is 4.89. The van der Waals surface area contributed by atoms with Crippen LogP contribution in [0.3, 0.4) is 0 Å². The number of piperidine rings is 1. The van der Waals surface area contributed by atoms with Gasteiger partial charge in [0.1, 0.15) is 4.21 Å². The van der Waals surface area contributed by atoms with E-state index in [9.17, 15) is 8.42 Å². The first kappa shape index (κ1) is 19.5. The van der Waals surface area contributed by atoms with Gasteiger partial charge in [0, 0.05) is 29.4 Å². The van der Waals surface area contributed by atoms with E-state index >= 15 is 0 Å². The third-order valence-electron chi connectivity index (χ3n) is 4.50. The van der Waals surface area contributed by atoms with Crippen molar-refractivity contribution in [3.63, 3.8) is 0 Å². The van der Waals surface area contributed by atoms with Gasteiger partial charge >= 0.3 is 0 Å². The van der Waals surface area contributed by atoms with E-state index in [2.05, 4.69) is 31.2 Å². The number of thiophene rings is 1. The topological polar surface area (TPSA) is 75.2 Å². The van der Waals surface area contributed by atoms with Crippen molar-refractivity contribution >= 4 is 48.9 Å². The molecule has 0 atom stereocenters. The van der Waals surface area contributed by atoms with Gasteiger partial charge in [-0.25, -0.2) is 18.4 Å². The largest absolute Gasteiger partial charge is 0.324 e. The SMILES string of the molecule is O=S(=O)(c1ccc(-c2ccnc(Nc3ccc(Br)cc3)n2)s1)N1CCCCC1. The van der Waals surface area contributed by atoms with Crippen molar-refractivity contribution in [2.45, 2.75) is 23.5 Å². The normalized spacial score (nSPS) is 15.5. The number of benzene rings is 1. The fourth-order valence-electron chi connectivity index (χ4n) is 3.05. The van der Waals surface area contributed by atoms with Gasteiger partial charge < -0.3 is 5.32 Å². The molecule has 1 aliphatic rings. The first-order valence-corrected chi connectivity index (χ1v) is 12.0. The van der Waals surface area contributed by atoms with Crippen LogP contribution < -0.4 is 5.32 Å². The van der Waals surface area contributed by atoms with Crippen molar-refractivity contribution < 1.29 is 8.42 Å². The van der Waals surface area contributed by atoms with E-state index < -0.39 is 10.0 Å². The molecule has 0 aliphatic carbocycles. The molecule has 0 radical (unpaired) electrons. The molecule has 4 rings (SSSR count). The molecule has 9 heteroatoms. The minimum atomic E-state index is -3.42. The van der Waals surface area contributed by atoms with E-state index in [1.165, 1.54) is 11.3 Å². The second kappa shape index (κ2) is 8.28. The van der Waals surface area contributed by atoms with E-state index in [0.717, 1.165) is 34.3 Å². The monoisotopic (exact) mass is 478 g/mol. The number of nitrogens with one attached hydrogen (secondary N) is 1. The maximum Gasteiger partial charge on any atom is 0.252 e. The minimum Gasteiger partial charge on any atom is -0.324 e. The second-order valence-electron chi connectivity index (χ2n) is 6.48. The Balaban J connectivity index is 1.56. The molecule has 1 aliphatic heterocycles. The Morgan fingerprint density at radius 2 is 1.75 bits per heavy atom. The highest BCUT2D eigenvalue weighted by atomic mass is 79.9. The molecule has 0 unspecified atom stereocenters. The van der Waals surface area contributed by atoms with Crippen LogP contribution >= 0.6 is 27.3 Å². The van der Waals surface area contributed by atoms with Gasteiger partial charge in [-0.2, -0.15) is 4.31 Å². The third-order valence-corrected chi connectivity index (χ3v) is 8.50. The first-order chi connectivity index (χ1) is 13.5. The highest BCUT2D eigenvalue weighted by Gasteiger charge is 2.27. The van der Waals surface area contributed by atoms with Gasteiger partial charge in [0.15, 0.2) is 0 Å². The molecule has 0 spiro atoms. The second-order valence-corrected chi connectivity index (χ2v) is 10.6. The highest BCUT2D eigenvalue weighted by Crippen LogP contribution is 2.32.